The zero-order valence-corrected chi connectivity index (χ0v) is 14.2. The summed E-state index contributed by atoms with van der Waals surface area (Å²) >= 11 is 0. The largest absolute Gasteiger partial charge is 0.355 e. The maximum Gasteiger partial charge on any atom is 0.273 e. The van der Waals surface area contributed by atoms with Crippen LogP contribution in [-0.2, 0) is 26.8 Å². The Morgan fingerprint density at radius 3 is 2.36 bits per heavy atom. The molecule has 1 N–H and O–H groups in total. The molecule has 0 aliphatic rings. The molecule has 2 aromatic carbocycles. The Bertz CT molecular complexity index is 850. The average molecular weight is 362 g/mol. The maximum atomic E-state index is 12.0. The van der Waals surface area contributed by atoms with Crippen LogP contribution in [0.2, 0.25) is 0 Å². The summed E-state index contributed by atoms with van der Waals surface area (Å²) in [6, 6.07) is 14.7. The van der Waals surface area contributed by atoms with E-state index >= 15 is 0 Å². The third-order valence-corrected chi connectivity index (χ3v) is 5.10. The Morgan fingerprint density at radius 2 is 1.68 bits per heavy atom. The van der Waals surface area contributed by atoms with Crippen molar-refractivity contribution in [1.29, 1.82) is 0 Å². The molecule has 0 bridgehead atoms. The topological polar surface area (TPSA) is 106 Å². The lowest BCUT2D eigenvalue weighted by Crippen LogP contribution is -2.30. The lowest BCUT2D eigenvalue weighted by Gasteiger charge is -2.07. The molecule has 7 nitrogen and oxygen atoms in total. The summed E-state index contributed by atoms with van der Waals surface area (Å²) in [5, 5.41) is 13.4. The van der Waals surface area contributed by atoms with Gasteiger partial charge in [-0.2, -0.15) is 0 Å². The minimum atomic E-state index is -3.35. The van der Waals surface area contributed by atoms with E-state index in [1.54, 1.807) is 36.4 Å². The smallest absolute Gasteiger partial charge is 0.273 e. The van der Waals surface area contributed by atoms with Crippen molar-refractivity contribution < 1.29 is 18.1 Å². The highest BCUT2D eigenvalue weighted by molar-refractivity contribution is 7.90. The van der Waals surface area contributed by atoms with Crippen LogP contribution in [0.25, 0.3) is 0 Å². The van der Waals surface area contributed by atoms with Gasteiger partial charge in [0, 0.05) is 18.2 Å². The number of amides is 1. The van der Waals surface area contributed by atoms with Gasteiger partial charge in [-0.3, -0.25) is 14.9 Å². The Hall–Kier alpha value is -2.74. The zero-order chi connectivity index (χ0) is 18.3. The molecule has 2 aromatic rings. The summed E-state index contributed by atoms with van der Waals surface area (Å²) in [7, 11) is -3.35. The van der Waals surface area contributed by atoms with Crippen LogP contribution in [0.3, 0.4) is 0 Å². The fourth-order valence-electron chi connectivity index (χ4n) is 2.32. The number of rotatable bonds is 8. The molecule has 0 radical (unpaired) electrons. The number of carbonyl (C=O) groups is 1. The number of hydrogen-bond donors (Lipinski definition) is 1. The predicted octanol–water partition coefficient (Wildman–Crippen LogP) is 1.87. The monoisotopic (exact) mass is 362 g/mol. The van der Waals surface area contributed by atoms with Crippen LogP contribution in [0, 0.1) is 10.1 Å². The van der Waals surface area contributed by atoms with Crippen LogP contribution in [0.4, 0.5) is 5.69 Å². The van der Waals surface area contributed by atoms with E-state index < -0.39 is 20.7 Å². The van der Waals surface area contributed by atoms with Crippen molar-refractivity contribution in [2.45, 2.75) is 12.2 Å². The molecule has 2 rings (SSSR count). The van der Waals surface area contributed by atoms with Crippen LogP contribution in [0.15, 0.2) is 54.6 Å². The normalized spacial score (nSPS) is 11.0. The molecule has 0 atom stereocenters. The van der Waals surface area contributed by atoms with E-state index in [1.165, 1.54) is 18.2 Å². The molecule has 0 aliphatic carbocycles. The number of benzene rings is 2. The second-order valence-corrected chi connectivity index (χ2v) is 7.67. The van der Waals surface area contributed by atoms with Crippen LogP contribution in [-0.4, -0.2) is 31.5 Å². The van der Waals surface area contributed by atoms with Crippen molar-refractivity contribution in [3.05, 3.63) is 75.8 Å². The first kappa shape index (κ1) is 18.6. The minimum absolute atomic E-state index is 0.0331. The second-order valence-electron chi connectivity index (χ2n) is 5.49. The molecule has 0 spiro atoms. The minimum Gasteiger partial charge on any atom is -0.355 e. The van der Waals surface area contributed by atoms with Gasteiger partial charge in [-0.15, -0.1) is 0 Å². The van der Waals surface area contributed by atoms with E-state index in [9.17, 15) is 23.3 Å². The highest BCUT2D eigenvalue weighted by atomic mass is 32.2. The van der Waals surface area contributed by atoms with Crippen molar-refractivity contribution in [2.24, 2.45) is 0 Å². The van der Waals surface area contributed by atoms with Gasteiger partial charge in [0.25, 0.3) is 5.69 Å². The van der Waals surface area contributed by atoms with Crippen LogP contribution in [0.5, 0.6) is 0 Å². The van der Waals surface area contributed by atoms with Gasteiger partial charge in [-0.05, 0) is 5.56 Å². The highest BCUT2D eigenvalue weighted by Gasteiger charge is 2.16. The second kappa shape index (κ2) is 8.39. The molecule has 25 heavy (non-hydrogen) atoms. The zero-order valence-electron chi connectivity index (χ0n) is 13.4. The van der Waals surface area contributed by atoms with E-state index in [-0.39, 0.29) is 35.7 Å². The molecule has 0 aromatic heterocycles. The van der Waals surface area contributed by atoms with Gasteiger partial charge in [0.05, 0.1) is 22.8 Å². The summed E-state index contributed by atoms with van der Waals surface area (Å²) in [6.07, 6.45) is -0.171. The highest BCUT2D eigenvalue weighted by Crippen LogP contribution is 2.17. The number of para-hydroxylation sites is 1. The number of nitrogens with zero attached hydrogens (tertiary/aromatic N) is 1. The Morgan fingerprint density at radius 1 is 1.04 bits per heavy atom. The third kappa shape index (κ3) is 6.00. The van der Waals surface area contributed by atoms with Crippen molar-refractivity contribution in [2.75, 3.05) is 12.3 Å². The number of sulfone groups is 1. The molecule has 0 saturated heterocycles. The van der Waals surface area contributed by atoms with Gasteiger partial charge < -0.3 is 5.32 Å². The van der Waals surface area contributed by atoms with Gasteiger partial charge >= 0.3 is 0 Å². The fraction of sp³-hybridized carbons (Fsp3) is 0.235. The molecule has 0 aliphatic heterocycles. The summed E-state index contributed by atoms with van der Waals surface area (Å²) in [4.78, 5) is 22.3. The lowest BCUT2D eigenvalue weighted by molar-refractivity contribution is -0.385. The first-order chi connectivity index (χ1) is 11.9. The molecule has 0 unspecified atom stereocenters. The Balaban J connectivity index is 1.85. The van der Waals surface area contributed by atoms with Gasteiger partial charge in [-0.1, -0.05) is 48.5 Å². The van der Waals surface area contributed by atoms with E-state index in [4.69, 9.17) is 0 Å². The fourth-order valence-corrected chi connectivity index (χ4v) is 3.58. The summed E-state index contributed by atoms with van der Waals surface area (Å²) in [5.74, 6) is -0.734. The molecule has 0 heterocycles. The van der Waals surface area contributed by atoms with E-state index in [2.05, 4.69) is 5.32 Å². The first-order valence-electron chi connectivity index (χ1n) is 7.61. The van der Waals surface area contributed by atoms with Crippen molar-refractivity contribution in [1.82, 2.24) is 5.32 Å². The first-order valence-corrected chi connectivity index (χ1v) is 9.43. The van der Waals surface area contributed by atoms with Crippen LogP contribution >= 0.6 is 0 Å². The lowest BCUT2D eigenvalue weighted by atomic mass is 10.1. The predicted molar refractivity (Wildman–Crippen MR) is 93.7 cm³/mol. The number of carbonyl (C=O) groups excluding carboxylic acids is 1. The van der Waals surface area contributed by atoms with Crippen LogP contribution in [0.1, 0.15) is 11.1 Å². The van der Waals surface area contributed by atoms with E-state index in [0.29, 0.717) is 5.56 Å². The summed E-state index contributed by atoms with van der Waals surface area (Å²) < 4.78 is 24.1. The quantitative estimate of drug-likeness (QED) is 0.570. The number of hydrogen-bond acceptors (Lipinski definition) is 5. The van der Waals surface area contributed by atoms with Crippen molar-refractivity contribution in [3.8, 4) is 0 Å². The van der Waals surface area contributed by atoms with Gasteiger partial charge in [0.2, 0.25) is 5.91 Å². The summed E-state index contributed by atoms with van der Waals surface area (Å²) in [6.45, 7) is -0.0331. The van der Waals surface area contributed by atoms with Crippen molar-refractivity contribution in [3.63, 3.8) is 0 Å². The standard InChI is InChI=1S/C17H18N2O5S/c20-17(12-15-8-4-5-9-16(15)19(21)22)18-10-11-25(23,24)13-14-6-2-1-3-7-14/h1-9H,10-13H2,(H,18,20). The molecular weight excluding hydrogens is 344 g/mol. The number of nitrogens with one attached hydrogen (secondary N) is 1. The Kier molecular flexibility index (Phi) is 6.24. The van der Waals surface area contributed by atoms with E-state index in [0.717, 1.165) is 0 Å². The van der Waals surface area contributed by atoms with E-state index in [1.807, 2.05) is 0 Å². The molecule has 0 saturated carbocycles. The molecule has 8 heteroatoms. The van der Waals surface area contributed by atoms with Gasteiger partial charge in [0.15, 0.2) is 9.84 Å². The number of nitro benzene ring substituents is 1. The maximum absolute atomic E-state index is 12.0. The molecule has 1 amide bonds. The van der Waals surface area contributed by atoms with Crippen LogP contribution < -0.4 is 5.32 Å². The summed E-state index contributed by atoms with van der Waals surface area (Å²) in [5.41, 5.74) is 0.847. The Labute approximate surface area is 145 Å². The molecule has 132 valence electrons. The van der Waals surface area contributed by atoms with Gasteiger partial charge in [0.1, 0.15) is 0 Å². The van der Waals surface area contributed by atoms with Gasteiger partial charge in [-0.25, -0.2) is 8.42 Å². The van der Waals surface area contributed by atoms with Crippen molar-refractivity contribution >= 4 is 21.4 Å². The molecular formula is C17H18N2O5S. The SMILES string of the molecule is O=C(Cc1ccccc1[N+](=O)[O-])NCCS(=O)(=O)Cc1ccccc1. The third-order valence-electron chi connectivity index (χ3n) is 3.50. The average Bonchev–Trinajstić information content (AvgIpc) is 2.55. The number of nitro groups is 1. The molecule has 0 fully saturated rings.